The molecule has 2 aromatic rings. The van der Waals surface area contributed by atoms with Crippen LogP contribution in [-0.4, -0.2) is 40.4 Å². The summed E-state index contributed by atoms with van der Waals surface area (Å²) in [7, 11) is 0. The van der Waals surface area contributed by atoms with Crippen LogP contribution >= 0.6 is 0 Å². The van der Waals surface area contributed by atoms with Crippen LogP contribution in [0.3, 0.4) is 0 Å². The van der Waals surface area contributed by atoms with Gasteiger partial charge in [-0.15, -0.1) is 10.2 Å². The highest BCUT2D eigenvalue weighted by Crippen LogP contribution is 2.39. The van der Waals surface area contributed by atoms with Crippen LogP contribution in [0.1, 0.15) is 57.3 Å². The lowest BCUT2D eigenvalue weighted by atomic mass is 9.69. The third-order valence-electron chi connectivity index (χ3n) is 5.81. The average Bonchev–Trinajstić information content (AvgIpc) is 3.21. The number of hydrogen-bond donors (Lipinski definition) is 2. The minimum atomic E-state index is -0.182. The van der Waals surface area contributed by atoms with Crippen LogP contribution in [0.25, 0.3) is 0 Å². The predicted molar refractivity (Wildman–Crippen MR) is 115 cm³/mol. The van der Waals surface area contributed by atoms with E-state index in [9.17, 15) is 4.39 Å². The number of hydrogen-bond acceptors (Lipinski definition) is 3. The van der Waals surface area contributed by atoms with Crippen molar-refractivity contribution in [3.05, 3.63) is 47.8 Å². The number of nitrogens with one attached hydrogen (secondary N) is 2. The molecule has 1 aliphatic carbocycles. The fourth-order valence-corrected chi connectivity index (χ4v) is 4.18. The Bertz CT molecular complexity index is 777. The van der Waals surface area contributed by atoms with Crippen LogP contribution in [0.4, 0.5) is 4.39 Å². The molecular formula is C22H33FN6. The molecule has 0 bridgehead atoms. The first-order valence-corrected chi connectivity index (χ1v) is 10.8. The van der Waals surface area contributed by atoms with Gasteiger partial charge in [0.15, 0.2) is 5.96 Å². The molecule has 3 rings (SSSR count). The third kappa shape index (κ3) is 5.55. The van der Waals surface area contributed by atoms with Gasteiger partial charge in [-0.05, 0) is 37.5 Å². The molecule has 0 atom stereocenters. The molecule has 1 aliphatic rings. The molecule has 1 fully saturated rings. The summed E-state index contributed by atoms with van der Waals surface area (Å²) in [5.74, 6) is 1.63. The number of aryl methyl sites for hydroxylation is 1. The van der Waals surface area contributed by atoms with E-state index in [1.54, 1.807) is 18.5 Å². The summed E-state index contributed by atoms with van der Waals surface area (Å²) in [6, 6.07) is 7.02. The SMILES string of the molecule is CCNC(=NCC1(c2ccc(F)cc2)CCCCC1)NCCn1cnnc1CC. The summed E-state index contributed by atoms with van der Waals surface area (Å²) in [5.41, 5.74) is 1.20. The van der Waals surface area contributed by atoms with Gasteiger partial charge in [-0.3, -0.25) is 4.99 Å². The summed E-state index contributed by atoms with van der Waals surface area (Å²) < 4.78 is 15.5. The Balaban J connectivity index is 1.68. The van der Waals surface area contributed by atoms with E-state index in [0.717, 1.165) is 50.7 Å². The molecule has 29 heavy (non-hydrogen) atoms. The molecular weight excluding hydrogens is 367 g/mol. The highest BCUT2D eigenvalue weighted by Gasteiger charge is 2.33. The molecule has 0 radical (unpaired) electrons. The first-order valence-electron chi connectivity index (χ1n) is 10.8. The number of benzene rings is 1. The Labute approximate surface area is 173 Å². The fourth-order valence-electron chi connectivity index (χ4n) is 4.18. The van der Waals surface area contributed by atoms with E-state index < -0.39 is 0 Å². The van der Waals surface area contributed by atoms with E-state index >= 15 is 0 Å². The molecule has 0 unspecified atom stereocenters. The Morgan fingerprint density at radius 3 is 2.59 bits per heavy atom. The van der Waals surface area contributed by atoms with Crippen LogP contribution in [0.2, 0.25) is 0 Å². The van der Waals surface area contributed by atoms with Crippen LogP contribution in [0.15, 0.2) is 35.6 Å². The zero-order valence-corrected chi connectivity index (χ0v) is 17.6. The number of guanidine groups is 1. The quantitative estimate of drug-likeness (QED) is 0.526. The number of aliphatic imine (C=N–C) groups is 1. The summed E-state index contributed by atoms with van der Waals surface area (Å²) >= 11 is 0. The zero-order chi connectivity index (χ0) is 20.5. The number of halogens is 1. The zero-order valence-electron chi connectivity index (χ0n) is 17.6. The fraction of sp³-hybridized carbons (Fsp3) is 0.591. The highest BCUT2D eigenvalue weighted by molar-refractivity contribution is 5.79. The standard InChI is InChI=1S/C22H33FN6/c1-3-20-28-27-17-29(20)15-14-25-21(24-4-2)26-16-22(12-6-5-7-13-22)18-8-10-19(23)11-9-18/h8-11,17H,3-7,12-16H2,1-2H3,(H2,24,25,26). The average molecular weight is 401 g/mol. The van der Waals surface area contributed by atoms with E-state index in [1.165, 1.54) is 24.8 Å². The predicted octanol–water partition coefficient (Wildman–Crippen LogP) is 3.44. The number of nitrogens with zero attached hydrogens (tertiary/aromatic N) is 4. The lowest BCUT2D eigenvalue weighted by molar-refractivity contribution is 0.301. The van der Waals surface area contributed by atoms with E-state index in [-0.39, 0.29) is 11.2 Å². The van der Waals surface area contributed by atoms with Crippen molar-refractivity contribution in [3.8, 4) is 0 Å². The molecule has 0 spiro atoms. The van der Waals surface area contributed by atoms with Crippen molar-refractivity contribution in [3.63, 3.8) is 0 Å². The molecule has 0 amide bonds. The van der Waals surface area contributed by atoms with Gasteiger partial charge in [-0.2, -0.15) is 0 Å². The van der Waals surface area contributed by atoms with Gasteiger partial charge in [0, 0.05) is 31.5 Å². The third-order valence-corrected chi connectivity index (χ3v) is 5.81. The molecule has 7 heteroatoms. The smallest absolute Gasteiger partial charge is 0.191 e. The van der Waals surface area contributed by atoms with Crippen molar-refractivity contribution in [2.45, 2.75) is 64.3 Å². The Kier molecular flexibility index (Phi) is 7.61. The van der Waals surface area contributed by atoms with Crippen molar-refractivity contribution in [2.75, 3.05) is 19.6 Å². The van der Waals surface area contributed by atoms with Crippen LogP contribution < -0.4 is 10.6 Å². The lowest BCUT2D eigenvalue weighted by Crippen LogP contribution is -2.41. The van der Waals surface area contributed by atoms with Crippen LogP contribution in [-0.2, 0) is 18.4 Å². The van der Waals surface area contributed by atoms with Gasteiger partial charge in [0.05, 0.1) is 6.54 Å². The molecule has 1 aromatic heterocycles. The van der Waals surface area contributed by atoms with Gasteiger partial charge < -0.3 is 15.2 Å². The number of rotatable bonds is 8. The largest absolute Gasteiger partial charge is 0.357 e. The van der Waals surface area contributed by atoms with Crippen molar-refractivity contribution < 1.29 is 4.39 Å². The molecule has 6 nitrogen and oxygen atoms in total. The summed E-state index contributed by atoms with van der Waals surface area (Å²) in [6.07, 6.45) is 8.51. The second-order valence-corrected chi connectivity index (χ2v) is 7.76. The normalized spacial score (nSPS) is 16.6. The Hall–Kier alpha value is -2.44. The van der Waals surface area contributed by atoms with Gasteiger partial charge in [0.25, 0.3) is 0 Å². The van der Waals surface area contributed by atoms with Crippen molar-refractivity contribution in [1.82, 2.24) is 25.4 Å². The Morgan fingerprint density at radius 2 is 1.90 bits per heavy atom. The monoisotopic (exact) mass is 400 g/mol. The minimum absolute atomic E-state index is 0.00203. The van der Waals surface area contributed by atoms with Gasteiger partial charge in [0.1, 0.15) is 18.0 Å². The molecule has 158 valence electrons. The number of aromatic nitrogens is 3. The van der Waals surface area contributed by atoms with Gasteiger partial charge >= 0.3 is 0 Å². The first-order chi connectivity index (χ1) is 14.2. The van der Waals surface area contributed by atoms with Gasteiger partial charge in [0.2, 0.25) is 0 Å². The Morgan fingerprint density at radius 1 is 1.14 bits per heavy atom. The second kappa shape index (κ2) is 10.4. The van der Waals surface area contributed by atoms with Gasteiger partial charge in [-0.25, -0.2) is 4.39 Å². The van der Waals surface area contributed by atoms with Crippen molar-refractivity contribution in [1.29, 1.82) is 0 Å². The highest BCUT2D eigenvalue weighted by atomic mass is 19.1. The maximum absolute atomic E-state index is 13.4. The molecule has 1 saturated carbocycles. The first kappa shape index (κ1) is 21.3. The summed E-state index contributed by atoms with van der Waals surface area (Å²) in [5, 5.41) is 14.9. The van der Waals surface area contributed by atoms with Crippen LogP contribution in [0.5, 0.6) is 0 Å². The van der Waals surface area contributed by atoms with E-state index in [1.807, 2.05) is 12.1 Å². The second-order valence-electron chi connectivity index (χ2n) is 7.76. The van der Waals surface area contributed by atoms with Crippen molar-refractivity contribution >= 4 is 5.96 Å². The molecule has 0 aliphatic heterocycles. The summed E-state index contributed by atoms with van der Waals surface area (Å²) in [4.78, 5) is 4.93. The molecule has 1 aromatic carbocycles. The van der Waals surface area contributed by atoms with E-state index in [4.69, 9.17) is 4.99 Å². The maximum atomic E-state index is 13.4. The molecule has 1 heterocycles. The molecule has 0 saturated heterocycles. The summed E-state index contributed by atoms with van der Waals surface area (Å²) in [6.45, 7) is 7.22. The topological polar surface area (TPSA) is 67.1 Å². The van der Waals surface area contributed by atoms with Crippen molar-refractivity contribution in [2.24, 2.45) is 4.99 Å². The van der Waals surface area contributed by atoms with E-state index in [2.05, 4.69) is 39.2 Å². The van der Waals surface area contributed by atoms with Gasteiger partial charge in [-0.1, -0.05) is 38.3 Å². The van der Waals surface area contributed by atoms with E-state index in [0.29, 0.717) is 6.54 Å². The maximum Gasteiger partial charge on any atom is 0.191 e. The minimum Gasteiger partial charge on any atom is -0.357 e. The lowest BCUT2D eigenvalue weighted by Gasteiger charge is -2.37. The molecule has 2 N–H and O–H groups in total. The van der Waals surface area contributed by atoms with Crippen LogP contribution in [0, 0.1) is 5.82 Å².